The third-order valence-corrected chi connectivity index (χ3v) is 6.54. The van der Waals surface area contributed by atoms with Gasteiger partial charge in [0.15, 0.2) is 5.16 Å². The molecular weight excluding hydrogens is 454 g/mol. The Morgan fingerprint density at radius 1 is 1.06 bits per heavy atom. The van der Waals surface area contributed by atoms with Gasteiger partial charge in [0.05, 0.1) is 22.3 Å². The zero-order valence-corrected chi connectivity index (χ0v) is 20.2. The van der Waals surface area contributed by atoms with Crippen LogP contribution in [0.2, 0.25) is 5.02 Å². The maximum absolute atomic E-state index is 13.3. The monoisotopic (exact) mass is 477 g/mol. The minimum atomic E-state index is -0.188. The fourth-order valence-corrected chi connectivity index (χ4v) is 4.61. The first-order valence-electron chi connectivity index (χ1n) is 10.6. The number of anilines is 1. The first kappa shape index (κ1) is 23.1. The average Bonchev–Trinajstić information content (AvgIpc) is 2.80. The van der Waals surface area contributed by atoms with E-state index in [1.807, 2.05) is 37.3 Å². The van der Waals surface area contributed by atoms with Gasteiger partial charge in [-0.05, 0) is 60.4 Å². The standard InChI is InChI=1S/C26H24ClN3O2S/c1-16(2)20-9-6-7-17(3)24(20)29-23(31)15-33-26-28-22-10-5-4-8-21(22)25(32)30(26)19-13-11-18(27)12-14-19/h4-14,16H,15H2,1-3H3,(H,29,31). The summed E-state index contributed by atoms with van der Waals surface area (Å²) in [6, 6.07) is 20.2. The highest BCUT2D eigenvalue weighted by Gasteiger charge is 2.16. The van der Waals surface area contributed by atoms with E-state index in [4.69, 9.17) is 16.6 Å². The Balaban J connectivity index is 1.67. The van der Waals surface area contributed by atoms with Crippen molar-refractivity contribution in [3.8, 4) is 5.69 Å². The van der Waals surface area contributed by atoms with Crippen LogP contribution in [0.25, 0.3) is 16.6 Å². The maximum Gasteiger partial charge on any atom is 0.266 e. The van der Waals surface area contributed by atoms with Gasteiger partial charge in [-0.25, -0.2) is 4.98 Å². The Hall–Kier alpha value is -3.09. The molecule has 5 nitrogen and oxygen atoms in total. The molecule has 1 aromatic heterocycles. The molecule has 168 valence electrons. The van der Waals surface area contributed by atoms with Crippen molar-refractivity contribution in [2.45, 2.75) is 31.8 Å². The number of hydrogen-bond acceptors (Lipinski definition) is 4. The summed E-state index contributed by atoms with van der Waals surface area (Å²) in [5, 5.41) is 4.60. The van der Waals surface area contributed by atoms with Gasteiger partial charge in [0.25, 0.3) is 5.56 Å². The van der Waals surface area contributed by atoms with Crippen LogP contribution in [0.5, 0.6) is 0 Å². The van der Waals surface area contributed by atoms with Crippen LogP contribution >= 0.6 is 23.4 Å². The number of aryl methyl sites for hydroxylation is 1. The van der Waals surface area contributed by atoms with Crippen molar-refractivity contribution in [2.24, 2.45) is 0 Å². The minimum absolute atomic E-state index is 0.115. The molecule has 1 heterocycles. The number of para-hydroxylation sites is 2. The number of halogens is 1. The third-order valence-electron chi connectivity index (χ3n) is 5.35. The molecule has 0 aliphatic rings. The number of fused-ring (bicyclic) bond motifs is 1. The fourth-order valence-electron chi connectivity index (χ4n) is 3.67. The van der Waals surface area contributed by atoms with Crippen molar-refractivity contribution < 1.29 is 4.79 Å². The van der Waals surface area contributed by atoms with E-state index in [2.05, 4.69) is 19.2 Å². The predicted octanol–water partition coefficient (Wildman–Crippen LogP) is 6.20. The molecule has 0 unspecified atom stereocenters. The summed E-state index contributed by atoms with van der Waals surface area (Å²) in [6.07, 6.45) is 0. The second kappa shape index (κ2) is 9.81. The molecule has 0 bridgehead atoms. The molecule has 4 rings (SSSR count). The third kappa shape index (κ3) is 4.97. The number of carbonyl (C=O) groups is 1. The van der Waals surface area contributed by atoms with E-state index in [9.17, 15) is 9.59 Å². The van der Waals surface area contributed by atoms with Gasteiger partial charge in [0.1, 0.15) is 0 Å². The lowest BCUT2D eigenvalue weighted by Crippen LogP contribution is -2.23. The van der Waals surface area contributed by atoms with E-state index in [0.717, 1.165) is 16.8 Å². The second-order valence-electron chi connectivity index (χ2n) is 8.06. The normalized spacial score (nSPS) is 11.2. The van der Waals surface area contributed by atoms with Crippen LogP contribution in [0.1, 0.15) is 30.9 Å². The lowest BCUT2D eigenvalue weighted by molar-refractivity contribution is -0.113. The molecule has 0 fully saturated rings. The van der Waals surface area contributed by atoms with Gasteiger partial charge in [-0.1, -0.05) is 67.5 Å². The highest BCUT2D eigenvalue weighted by atomic mass is 35.5. The zero-order chi connectivity index (χ0) is 23.5. The Kier molecular flexibility index (Phi) is 6.86. The second-order valence-corrected chi connectivity index (χ2v) is 9.44. The number of rotatable bonds is 6. The molecular formula is C26H24ClN3O2S. The highest BCUT2D eigenvalue weighted by Crippen LogP contribution is 2.28. The van der Waals surface area contributed by atoms with Crippen LogP contribution in [0, 0.1) is 6.92 Å². The molecule has 1 amide bonds. The Bertz CT molecular complexity index is 1380. The molecule has 0 radical (unpaired) electrons. The van der Waals surface area contributed by atoms with Crippen LogP contribution < -0.4 is 10.9 Å². The average molecular weight is 478 g/mol. The Labute approximate surface area is 201 Å². The van der Waals surface area contributed by atoms with Gasteiger partial charge in [0, 0.05) is 10.7 Å². The minimum Gasteiger partial charge on any atom is -0.325 e. The summed E-state index contributed by atoms with van der Waals surface area (Å²) < 4.78 is 1.53. The highest BCUT2D eigenvalue weighted by molar-refractivity contribution is 7.99. The molecule has 33 heavy (non-hydrogen) atoms. The number of nitrogens with zero attached hydrogens (tertiary/aromatic N) is 2. The molecule has 0 saturated heterocycles. The fraction of sp³-hybridized carbons (Fsp3) is 0.192. The van der Waals surface area contributed by atoms with Crippen LogP contribution in [-0.4, -0.2) is 21.2 Å². The molecule has 4 aromatic rings. The van der Waals surface area contributed by atoms with Gasteiger partial charge in [-0.15, -0.1) is 0 Å². The number of hydrogen-bond donors (Lipinski definition) is 1. The van der Waals surface area contributed by atoms with Gasteiger partial charge in [0.2, 0.25) is 5.91 Å². The lowest BCUT2D eigenvalue weighted by atomic mass is 9.98. The molecule has 1 N–H and O–H groups in total. The first-order valence-corrected chi connectivity index (χ1v) is 12.0. The summed E-state index contributed by atoms with van der Waals surface area (Å²) in [7, 11) is 0. The van der Waals surface area contributed by atoms with E-state index in [-0.39, 0.29) is 23.1 Å². The summed E-state index contributed by atoms with van der Waals surface area (Å²) in [6.45, 7) is 6.18. The number of amides is 1. The topological polar surface area (TPSA) is 64.0 Å². The molecule has 0 atom stereocenters. The van der Waals surface area contributed by atoms with Crippen molar-refractivity contribution in [3.63, 3.8) is 0 Å². The number of nitrogens with one attached hydrogen (secondary N) is 1. The number of aromatic nitrogens is 2. The summed E-state index contributed by atoms with van der Waals surface area (Å²) in [4.78, 5) is 30.9. The van der Waals surface area contributed by atoms with Crippen molar-refractivity contribution in [3.05, 3.63) is 93.2 Å². The zero-order valence-electron chi connectivity index (χ0n) is 18.6. The first-order chi connectivity index (χ1) is 15.8. The van der Waals surface area contributed by atoms with Crippen molar-refractivity contribution >= 4 is 45.9 Å². The smallest absolute Gasteiger partial charge is 0.266 e. The van der Waals surface area contributed by atoms with E-state index in [1.165, 1.54) is 16.3 Å². The maximum atomic E-state index is 13.3. The van der Waals surface area contributed by atoms with Gasteiger partial charge >= 0.3 is 0 Å². The van der Waals surface area contributed by atoms with Crippen molar-refractivity contribution in [1.82, 2.24) is 9.55 Å². The van der Waals surface area contributed by atoms with Gasteiger partial charge in [-0.3, -0.25) is 14.2 Å². The summed E-state index contributed by atoms with van der Waals surface area (Å²) >= 11 is 7.27. The Morgan fingerprint density at radius 2 is 1.79 bits per heavy atom. The van der Waals surface area contributed by atoms with E-state index >= 15 is 0 Å². The molecule has 0 saturated carbocycles. The largest absolute Gasteiger partial charge is 0.325 e. The number of benzene rings is 3. The van der Waals surface area contributed by atoms with Crippen molar-refractivity contribution in [2.75, 3.05) is 11.1 Å². The van der Waals surface area contributed by atoms with Crippen LogP contribution in [0.3, 0.4) is 0 Å². The van der Waals surface area contributed by atoms with Gasteiger partial charge in [-0.2, -0.15) is 0 Å². The molecule has 7 heteroatoms. The van der Waals surface area contributed by atoms with E-state index < -0.39 is 0 Å². The molecule has 0 aliphatic carbocycles. The number of carbonyl (C=O) groups excluding carboxylic acids is 1. The van der Waals surface area contributed by atoms with Gasteiger partial charge < -0.3 is 5.32 Å². The summed E-state index contributed by atoms with van der Waals surface area (Å²) in [5.74, 6) is 0.246. The SMILES string of the molecule is Cc1cccc(C(C)C)c1NC(=O)CSc1nc2ccccc2c(=O)n1-c1ccc(Cl)cc1. The van der Waals surface area contributed by atoms with E-state index in [0.29, 0.717) is 26.8 Å². The number of thioether (sulfide) groups is 1. The molecule has 3 aromatic carbocycles. The Morgan fingerprint density at radius 3 is 2.52 bits per heavy atom. The molecule has 0 spiro atoms. The van der Waals surface area contributed by atoms with Crippen LogP contribution in [-0.2, 0) is 4.79 Å². The lowest BCUT2D eigenvalue weighted by Gasteiger charge is -2.17. The molecule has 0 aliphatic heterocycles. The summed E-state index contributed by atoms with van der Waals surface area (Å²) in [5.41, 5.74) is 4.01. The van der Waals surface area contributed by atoms with Crippen LogP contribution in [0.15, 0.2) is 76.7 Å². The predicted molar refractivity (Wildman–Crippen MR) is 137 cm³/mol. The van der Waals surface area contributed by atoms with Crippen molar-refractivity contribution in [1.29, 1.82) is 0 Å². The van der Waals surface area contributed by atoms with E-state index in [1.54, 1.807) is 36.4 Å². The quantitative estimate of drug-likeness (QED) is 0.265. The van der Waals surface area contributed by atoms with Crippen LogP contribution in [0.4, 0.5) is 5.69 Å².